The molecule has 0 radical (unpaired) electrons. The highest BCUT2D eigenvalue weighted by atomic mass is 16.6. The van der Waals surface area contributed by atoms with Crippen LogP contribution in [0.1, 0.15) is 24.7 Å². The quantitative estimate of drug-likeness (QED) is 0.563. The van der Waals surface area contributed by atoms with Gasteiger partial charge in [-0.2, -0.15) is 0 Å². The van der Waals surface area contributed by atoms with E-state index in [1.165, 1.54) is 22.8 Å². The molecule has 2 heterocycles. The summed E-state index contributed by atoms with van der Waals surface area (Å²) in [7, 11) is 1.58. The van der Waals surface area contributed by atoms with Gasteiger partial charge in [0.25, 0.3) is 11.2 Å². The molecule has 1 aliphatic heterocycles. The van der Waals surface area contributed by atoms with Crippen molar-refractivity contribution in [1.82, 2.24) is 14.9 Å². The van der Waals surface area contributed by atoms with Gasteiger partial charge >= 0.3 is 0 Å². The highest BCUT2D eigenvalue weighted by molar-refractivity contribution is 5.80. The zero-order valence-corrected chi connectivity index (χ0v) is 14.7. The maximum absolute atomic E-state index is 13.3. The number of nitro benzene ring substituents is 1. The van der Waals surface area contributed by atoms with E-state index in [0.717, 1.165) is 19.4 Å². The molecule has 0 bridgehead atoms. The Labute approximate surface area is 154 Å². The van der Waals surface area contributed by atoms with E-state index < -0.39 is 4.92 Å². The molecule has 8 nitrogen and oxygen atoms in total. The smallest absolute Gasteiger partial charge is 0.270 e. The van der Waals surface area contributed by atoms with Gasteiger partial charge in [-0.3, -0.25) is 19.5 Å². The summed E-state index contributed by atoms with van der Waals surface area (Å²) in [5.41, 5.74) is 0.649. The monoisotopic (exact) mass is 366 g/mol. The fourth-order valence-corrected chi connectivity index (χ4v) is 3.42. The van der Waals surface area contributed by atoms with Gasteiger partial charge < -0.3 is 10.1 Å². The van der Waals surface area contributed by atoms with Crippen LogP contribution in [0, 0.1) is 10.1 Å². The molecule has 1 fully saturated rings. The largest absolute Gasteiger partial charge is 0.497 e. The third kappa shape index (κ3) is 3.04. The number of hydrogen-bond acceptors (Lipinski definition) is 6. The Balaban J connectivity index is 1.99. The van der Waals surface area contributed by atoms with Crippen molar-refractivity contribution in [3.8, 4) is 11.4 Å². The molecule has 3 aromatic rings. The van der Waals surface area contributed by atoms with Gasteiger partial charge in [0.15, 0.2) is 0 Å². The van der Waals surface area contributed by atoms with Gasteiger partial charge in [-0.1, -0.05) is 0 Å². The Bertz CT molecular complexity index is 1070. The normalized spacial score (nSPS) is 16.6. The number of nitrogens with zero attached hydrogens (tertiary/aromatic N) is 3. The first-order chi connectivity index (χ1) is 13.1. The van der Waals surface area contributed by atoms with Crippen LogP contribution in [0.3, 0.4) is 0 Å². The maximum atomic E-state index is 13.3. The average Bonchev–Trinajstić information content (AvgIpc) is 3.22. The molecule has 1 aliphatic rings. The molecule has 8 heteroatoms. The van der Waals surface area contributed by atoms with Crippen molar-refractivity contribution in [2.75, 3.05) is 13.7 Å². The number of nitro groups is 1. The summed E-state index contributed by atoms with van der Waals surface area (Å²) in [6, 6.07) is 11.3. The van der Waals surface area contributed by atoms with E-state index >= 15 is 0 Å². The Kier molecular flexibility index (Phi) is 4.33. The highest BCUT2D eigenvalue weighted by Gasteiger charge is 2.24. The third-order valence-corrected chi connectivity index (χ3v) is 4.79. The molecule has 138 valence electrons. The number of non-ortho nitro benzene ring substituents is 1. The molecule has 0 aliphatic carbocycles. The Morgan fingerprint density at radius 1 is 1.26 bits per heavy atom. The number of rotatable bonds is 4. The lowest BCUT2D eigenvalue weighted by Gasteiger charge is -2.18. The lowest BCUT2D eigenvalue weighted by atomic mass is 10.1. The topological polar surface area (TPSA) is 99.3 Å². The van der Waals surface area contributed by atoms with Crippen molar-refractivity contribution >= 4 is 16.6 Å². The standard InChI is InChI=1S/C19H18N4O4/c1-27-14-7-4-12(5-8-14)22-18(17-3-2-10-20-17)21-16-9-6-13(23(25)26)11-15(16)19(22)24/h4-9,11,17,20H,2-3,10H2,1H3. The van der Waals surface area contributed by atoms with E-state index in [9.17, 15) is 14.9 Å². The second-order valence-electron chi connectivity index (χ2n) is 6.42. The Hall–Kier alpha value is -3.26. The number of ether oxygens (including phenoxy) is 1. The first kappa shape index (κ1) is 17.2. The minimum absolute atomic E-state index is 0.0422. The van der Waals surface area contributed by atoms with E-state index in [-0.39, 0.29) is 22.7 Å². The van der Waals surface area contributed by atoms with Crippen LogP contribution in [0.2, 0.25) is 0 Å². The highest BCUT2D eigenvalue weighted by Crippen LogP contribution is 2.26. The summed E-state index contributed by atoms with van der Waals surface area (Å²) in [4.78, 5) is 28.6. The molecule has 1 aromatic heterocycles. The van der Waals surface area contributed by atoms with E-state index in [0.29, 0.717) is 22.8 Å². The summed E-state index contributed by atoms with van der Waals surface area (Å²) < 4.78 is 6.72. The predicted octanol–water partition coefficient (Wildman–Crippen LogP) is 2.73. The SMILES string of the molecule is COc1ccc(-n2c(C3CCCN3)nc3ccc([N+](=O)[O-])cc3c2=O)cc1. The van der Waals surface area contributed by atoms with Crippen molar-refractivity contribution in [3.63, 3.8) is 0 Å². The maximum Gasteiger partial charge on any atom is 0.270 e. The van der Waals surface area contributed by atoms with E-state index in [4.69, 9.17) is 4.74 Å². The van der Waals surface area contributed by atoms with Crippen molar-refractivity contribution in [3.05, 3.63) is 68.8 Å². The molecule has 2 aromatic carbocycles. The molecule has 1 atom stereocenters. The molecular formula is C19H18N4O4. The zero-order chi connectivity index (χ0) is 19.0. The second-order valence-corrected chi connectivity index (χ2v) is 6.42. The van der Waals surface area contributed by atoms with Crippen molar-refractivity contribution in [2.45, 2.75) is 18.9 Å². The van der Waals surface area contributed by atoms with Gasteiger partial charge in [-0.15, -0.1) is 0 Å². The van der Waals surface area contributed by atoms with Crippen LogP contribution in [-0.4, -0.2) is 28.1 Å². The molecule has 4 rings (SSSR count). The summed E-state index contributed by atoms with van der Waals surface area (Å²) in [5, 5.41) is 14.7. The van der Waals surface area contributed by atoms with Crippen LogP contribution < -0.4 is 15.6 Å². The Morgan fingerprint density at radius 3 is 2.67 bits per heavy atom. The lowest BCUT2D eigenvalue weighted by molar-refractivity contribution is -0.384. The molecule has 1 unspecified atom stereocenters. The molecule has 1 saturated heterocycles. The van der Waals surface area contributed by atoms with Crippen LogP contribution in [0.4, 0.5) is 5.69 Å². The van der Waals surface area contributed by atoms with Crippen LogP contribution in [0.25, 0.3) is 16.6 Å². The number of methoxy groups -OCH3 is 1. The van der Waals surface area contributed by atoms with Crippen molar-refractivity contribution < 1.29 is 9.66 Å². The van der Waals surface area contributed by atoms with Gasteiger partial charge in [0.05, 0.1) is 34.7 Å². The number of benzene rings is 2. The molecule has 27 heavy (non-hydrogen) atoms. The summed E-state index contributed by atoms with van der Waals surface area (Å²) >= 11 is 0. The molecule has 0 amide bonds. The lowest BCUT2D eigenvalue weighted by Crippen LogP contribution is -2.28. The molecule has 0 spiro atoms. The van der Waals surface area contributed by atoms with Gasteiger partial charge in [-0.05, 0) is 49.7 Å². The van der Waals surface area contributed by atoms with Crippen LogP contribution >= 0.6 is 0 Å². The first-order valence-corrected chi connectivity index (χ1v) is 8.67. The van der Waals surface area contributed by atoms with Crippen LogP contribution in [0.5, 0.6) is 5.75 Å². The van der Waals surface area contributed by atoms with Crippen LogP contribution in [-0.2, 0) is 0 Å². The van der Waals surface area contributed by atoms with E-state index in [1.807, 2.05) is 0 Å². The zero-order valence-electron chi connectivity index (χ0n) is 14.7. The van der Waals surface area contributed by atoms with E-state index in [2.05, 4.69) is 10.3 Å². The number of fused-ring (bicyclic) bond motifs is 1. The number of nitrogens with one attached hydrogen (secondary N) is 1. The minimum atomic E-state index is -0.511. The fraction of sp³-hybridized carbons (Fsp3) is 0.263. The molecule has 1 N–H and O–H groups in total. The summed E-state index contributed by atoms with van der Waals surface area (Å²) in [6.45, 7) is 0.863. The van der Waals surface area contributed by atoms with Gasteiger partial charge in [-0.25, -0.2) is 4.98 Å². The van der Waals surface area contributed by atoms with Gasteiger partial charge in [0, 0.05) is 12.1 Å². The van der Waals surface area contributed by atoms with Gasteiger partial charge in [0.1, 0.15) is 11.6 Å². The number of aromatic nitrogens is 2. The van der Waals surface area contributed by atoms with Crippen LogP contribution in [0.15, 0.2) is 47.3 Å². The third-order valence-electron chi connectivity index (χ3n) is 4.79. The second kappa shape index (κ2) is 6.81. The van der Waals surface area contributed by atoms with E-state index in [1.54, 1.807) is 31.4 Å². The van der Waals surface area contributed by atoms with Gasteiger partial charge in [0.2, 0.25) is 0 Å². The van der Waals surface area contributed by atoms with Crippen molar-refractivity contribution in [2.24, 2.45) is 0 Å². The minimum Gasteiger partial charge on any atom is -0.497 e. The molecule has 0 saturated carbocycles. The molecular weight excluding hydrogens is 348 g/mol. The average molecular weight is 366 g/mol. The fourth-order valence-electron chi connectivity index (χ4n) is 3.42. The van der Waals surface area contributed by atoms with Crippen molar-refractivity contribution in [1.29, 1.82) is 0 Å². The Morgan fingerprint density at radius 2 is 2.04 bits per heavy atom. The predicted molar refractivity (Wildman–Crippen MR) is 101 cm³/mol. The first-order valence-electron chi connectivity index (χ1n) is 8.67. The summed E-state index contributed by atoms with van der Waals surface area (Å²) in [5.74, 6) is 1.29. The summed E-state index contributed by atoms with van der Waals surface area (Å²) in [6.07, 6.45) is 1.88. The number of hydrogen-bond donors (Lipinski definition) is 1.